The molecule has 1 aliphatic carbocycles. The van der Waals surface area contributed by atoms with Gasteiger partial charge in [-0.3, -0.25) is 4.79 Å². The highest BCUT2D eigenvalue weighted by Crippen LogP contribution is 2.37. The number of rotatable bonds is 2. The number of carboxylic acids is 1. The third-order valence-electron chi connectivity index (χ3n) is 2.11. The second-order valence-corrected chi connectivity index (χ2v) is 3.10. The molecule has 0 unspecified atom stereocenters. The molecule has 12 heavy (non-hydrogen) atoms. The molecule has 0 atom stereocenters. The van der Waals surface area contributed by atoms with Gasteiger partial charge in [0.25, 0.3) is 0 Å². The molecule has 0 spiro atoms. The van der Waals surface area contributed by atoms with Crippen molar-refractivity contribution < 1.29 is 9.90 Å². The summed E-state index contributed by atoms with van der Waals surface area (Å²) in [6.07, 6.45) is 1.30. The van der Waals surface area contributed by atoms with E-state index >= 15 is 0 Å². The molecule has 3 N–H and O–H groups in total. The van der Waals surface area contributed by atoms with Crippen LogP contribution in [0.5, 0.6) is 0 Å². The second-order valence-electron chi connectivity index (χ2n) is 3.10. The van der Waals surface area contributed by atoms with Crippen LogP contribution in [0.3, 0.4) is 0 Å². The standard InChI is InChI=1S/C7H10N2O2.ClH/c8-2-1-5-3-7(9,4-5)6(10)11;/h5H,1,3-4,9H2,(H,10,11);1H. The van der Waals surface area contributed by atoms with E-state index in [0.717, 1.165) is 0 Å². The fourth-order valence-corrected chi connectivity index (χ4v) is 1.42. The van der Waals surface area contributed by atoms with E-state index in [-0.39, 0.29) is 18.3 Å². The van der Waals surface area contributed by atoms with Crippen molar-refractivity contribution in [2.45, 2.75) is 24.8 Å². The molecule has 4 nitrogen and oxygen atoms in total. The van der Waals surface area contributed by atoms with E-state index in [1.165, 1.54) is 0 Å². The Kier molecular flexibility index (Phi) is 3.50. The Morgan fingerprint density at radius 1 is 1.75 bits per heavy atom. The van der Waals surface area contributed by atoms with E-state index in [0.29, 0.717) is 19.3 Å². The largest absolute Gasteiger partial charge is 0.480 e. The summed E-state index contributed by atoms with van der Waals surface area (Å²) in [5.74, 6) is -0.757. The molecule has 1 rings (SSSR count). The summed E-state index contributed by atoms with van der Waals surface area (Å²) in [4.78, 5) is 10.4. The summed E-state index contributed by atoms with van der Waals surface area (Å²) in [6.45, 7) is 0. The van der Waals surface area contributed by atoms with E-state index in [1.807, 2.05) is 6.07 Å². The Labute approximate surface area is 76.8 Å². The molecule has 1 fully saturated rings. The van der Waals surface area contributed by atoms with Gasteiger partial charge in [0.05, 0.1) is 6.07 Å². The molecule has 0 heterocycles. The Hall–Kier alpha value is -0.790. The molecule has 5 heteroatoms. The molecule has 0 radical (unpaired) electrons. The minimum absolute atomic E-state index is 0. The SMILES string of the molecule is Cl.N#CCC1CC(N)(C(=O)O)C1. The molecule has 1 aliphatic rings. The fourth-order valence-electron chi connectivity index (χ4n) is 1.42. The first-order valence-corrected chi connectivity index (χ1v) is 3.48. The smallest absolute Gasteiger partial charge is 0.323 e. The van der Waals surface area contributed by atoms with Crippen LogP contribution in [-0.2, 0) is 4.79 Å². The highest BCUT2D eigenvalue weighted by Gasteiger charge is 2.46. The Bertz CT molecular complexity index is 218. The van der Waals surface area contributed by atoms with Crippen LogP contribution in [0.2, 0.25) is 0 Å². The highest BCUT2D eigenvalue weighted by atomic mass is 35.5. The first-order chi connectivity index (χ1) is 5.08. The number of halogens is 1. The topological polar surface area (TPSA) is 87.1 Å². The molecule has 0 aromatic carbocycles. The van der Waals surface area contributed by atoms with Gasteiger partial charge in [-0.25, -0.2) is 0 Å². The number of nitrogens with zero attached hydrogens (tertiary/aromatic N) is 1. The van der Waals surface area contributed by atoms with Crippen LogP contribution >= 0.6 is 12.4 Å². The first kappa shape index (κ1) is 11.2. The van der Waals surface area contributed by atoms with Gasteiger partial charge >= 0.3 is 5.97 Å². The average Bonchev–Trinajstić information content (AvgIpc) is 1.84. The van der Waals surface area contributed by atoms with E-state index in [2.05, 4.69) is 0 Å². The second kappa shape index (κ2) is 3.74. The minimum atomic E-state index is -1.04. The zero-order valence-corrected chi connectivity index (χ0v) is 7.30. The van der Waals surface area contributed by atoms with Crippen molar-refractivity contribution in [3.63, 3.8) is 0 Å². The van der Waals surface area contributed by atoms with Crippen molar-refractivity contribution >= 4 is 18.4 Å². The quantitative estimate of drug-likeness (QED) is 0.665. The first-order valence-electron chi connectivity index (χ1n) is 3.48. The zero-order valence-electron chi connectivity index (χ0n) is 6.49. The summed E-state index contributed by atoms with van der Waals surface area (Å²) in [5.41, 5.74) is 4.42. The number of carboxylic acid groups (broad SMARTS) is 1. The third-order valence-corrected chi connectivity index (χ3v) is 2.11. The van der Waals surface area contributed by atoms with Crippen LogP contribution in [0.4, 0.5) is 0 Å². The van der Waals surface area contributed by atoms with Gasteiger partial charge in [-0.1, -0.05) is 0 Å². The molecule has 0 amide bonds. The van der Waals surface area contributed by atoms with Gasteiger partial charge in [-0.05, 0) is 18.8 Å². The summed E-state index contributed by atoms with van der Waals surface area (Å²) in [7, 11) is 0. The van der Waals surface area contributed by atoms with Gasteiger partial charge in [-0.15, -0.1) is 12.4 Å². The number of hydrogen-bond donors (Lipinski definition) is 2. The molecule has 0 bridgehead atoms. The van der Waals surface area contributed by atoms with Crippen molar-refractivity contribution in [1.29, 1.82) is 5.26 Å². The fraction of sp³-hybridized carbons (Fsp3) is 0.714. The van der Waals surface area contributed by atoms with Gasteiger partial charge in [0.15, 0.2) is 0 Å². The number of hydrogen-bond acceptors (Lipinski definition) is 3. The number of aliphatic carboxylic acids is 1. The van der Waals surface area contributed by atoms with E-state index in [4.69, 9.17) is 16.1 Å². The predicted octanol–water partition coefficient (Wildman–Crippen LogP) is 0.514. The number of carbonyl (C=O) groups is 1. The molecular weight excluding hydrogens is 180 g/mol. The van der Waals surface area contributed by atoms with E-state index in [9.17, 15) is 4.79 Å². The van der Waals surface area contributed by atoms with Gasteiger partial charge < -0.3 is 10.8 Å². The van der Waals surface area contributed by atoms with Crippen LogP contribution in [0.25, 0.3) is 0 Å². The maximum Gasteiger partial charge on any atom is 0.323 e. The third kappa shape index (κ3) is 1.87. The van der Waals surface area contributed by atoms with Crippen LogP contribution in [-0.4, -0.2) is 16.6 Å². The number of nitrogens with two attached hydrogens (primary N) is 1. The normalized spacial score (nSPS) is 32.5. The lowest BCUT2D eigenvalue weighted by Crippen LogP contribution is -2.57. The molecule has 0 aromatic heterocycles. The lowest BCUT2D eigenvalue weighted by molar-refractivity contribution is -0.148. The maximum atomic E-state index is 10.4. The molecule has 1 saturated carbocycles. The molecule has 0 aromatic rings. The molecule has 0 saturated heterocycles. The van der Waals surface area contributed by atoms with Gasteiger partial charge in [0.2, 0.25) is 0 Å². The van der Waals surface area contributed by atoms with Gasteiger partial charge in [0.1, 0.15) is 5.54 Å². The molecule has 0 aliphatic heterocycles. The van der Waals surface area contributed by atoms with Crippen molar-refractivity contribution in [2.24, 2.45) is 11.7 Å². The Morgan fingerprint density at radius 2 is 2.25 bits per heavy atom. The summed E-state index contributed by atoms with van der Waals surface area (Å²) in [6, 6.07) is 2.00. The van der Waals surface area contributed by atoms with E-state index < -0.39 is 11.5 Å². The van der Waals surface area contributed by atoms with Crippen molar-refractivity contribution in [3.8, 4) is 6.07 Å². The molecule has 68 valence electrons. The summed E-state index contributed by atoms with van der Waals surface area (Å²) >= 11 is 0. The zero-order chi connectivity index (χ0) is 8.48. The van der Waals surface area contributed by atoms with Gasteiger partial charge in [-0.2, -0.15) is 5.26 Å². The van der Waals surface area contributed by atoms with E-state index in [1.54, 1.807) is 0 Å². The summed E-state index contributed by atoms with van der Waals surface area (Å²) < 4.78 is 0. The van der Waals surface area contributed by atoms with Gasteiger partial charge in [0, 0.05) is 6.42 Å². The number of nitriles is 1. The highest BCUT2D eigenvalue weighted by molar-refractivity contribution is 5.85. The van der Waals surface area contributed by atoms with Crippen LogP contribution < -0.4 is 5.73 Å². The molecular formula is C7H11ClN2O2. The van der Waals surface area contributed by atoms with Crippen molar-refractivity contribution in [2.75, 3.05) is 0 Å². The Balaban J connectivity index is 0.00000121. The Morgan fingerprint density at radius 3 is 2.58 bits per heavy atom. The maximum absolute atomic E-state index is 10.4. The van der Waals surface area contributed by atoms with Crippen LogP contribution in [0.15, 0.2) is 0 Å². The predicted molar refractivity (Wildman–Crippen MR) is 44.8 cm³/mol. The van der Waals surface area contributed by atoms with Crippen molar-refractivity contribution in [1.82, 2.24) is 0 Å². The van der Waals surface area contributed by atoms with Crippen molar-refractivity contribution in [3.05, 3.63) is 0 Å². The minimum Gasteiger partial charge on any atom is -0.480 e. The summed E-state index contributed by atoms with van der Waals surface area (Å²) in [5, 5.41) is 16.8. The lowest BCUT2D eigenvalue weighted by atomic mass is 9.68. The van der Waals surface area contributed by atoms with Crippen LogP contribution in [0, 0.1) is 17.2 Å². The van der Waals surface area contributed by atoms with Crippen LogP contribution in [0.1, 0.15) is 19.3 Å². The monoisotopic (exact) mass is 190 g/mol. The average molecular weight is 191 g/mol. The lowest BCUT2D eigenvalue weighted by Gasteiger charge is -2.40.